The van der Waals surface area contributed by atoms with Gasteiger partial charge in [-0.1, -0.05) is 22.0 Å². The highest BCUT2D eigenvalue weighted by Crippen LogP contribution is 2.15. The second-order valence-electron chi connectivity index (χ2n) is 5.53. The summed E-state index contributed by atoms with van der Waals surface area (Å²) in [5.74, 6) is -0.0992. The molecule has 0 bridgehead atoms. The van der Waals surface area contributed by atoms with E-state index in [1.54, 1.807) is 21.9 Å². The van der Waals surface area contributed by atoms with Crippen molar-refractivity contribution in [1.29, 1.82) is 0 Å². The minimum Gasteiger partial charge on any atom is -0.335 e. The number of nitrogens with zero attached hydrogens (tertiary/aromatic N) is 3. The Balaban J connectivity index is 1.62. The summed E-state index contributed by atoms with van der Waals surface area (Å²) in [6.45, 7) is 3.95. The van der Waals surface area contributed by atoms with Gasteiger partial charge in [-0.3, -0.25) is 14.7 Å². The third-order valence-electron chi connectivity index (χ3n) is 3.85. The molecule has 1 aromatic heterocycles. The average molecular weight is 377 g/mol. The molecule has 2 amide bonds. The van der Waals surface area contributed by atoms with E-state index in [1.165, 1.54) is 0 Å². The maximum Gasteiger partial charge on any atom is 0.274 e. The van der Waals surface area contributed by atoms with Crippen molar-refractivity contribution in [2.45, 2.75) is 6.92 Å². The number of aryl methyl sites for hydroxylation is 1. The average Bonchev–Trinajstić information content (AvgIpc) is 3.00. The lowest BCUT2D eigenvalue weighted by Crippen LogP contribution is -2.50. The van der Waals surface area contributed by atoms with E-state index in [-0.39, 0.29) is 11.8 Å². The first-order chi connectivity index (χ1) is 11.0. The third-order valence-corrected chi connectivity index (χ3v) is 4.34. The van der Waals surface area contributed by atoms with Crippen LogP contribution in [0.15, 0.2) is 34.8 Å². The topological polar surface area (TPSA) is 69.3 Å². The molecule has 0 radical (unpaired) electrons. The second-order valence-corrected chi connectivity index (χ2v) is 6.45. The highest BCUT2D eigenvalue weighted by Gasteiger charge is 2.26. The zero-order chi connectivity index (χ0) is 16.4. The molecule has 1 saturated heterocycles. The number of halogens is 1. The molecule has 2 heterocycles. The zero-order valence-corrected chi connectivity index (χ0v) is 14.3. The van der Waals surface area contributed by atoms with Crippen LogP contribution in [0.3, 0.4) is 0 Å². The van der Waals surface area contributed by atoms with Crippen molar-refractivity contribution in [3.8, 4) is 0 Å². The van der Waals surface area contributed by atoms with Crippen molar-refractivity contribution in [1.82, 2.24) is 20.0 Å². The first-order valence-electron chi connectivity index (χ1n) is 7.41. The monoisotopic (exact) mass is 376 g/mol. The van der Waals surface area contributed by atoms with E-state index in [0.29, 0.717) is 37.4 Å². The smallest absolute Gasteiger partial charge is 0.274 e. The van der Waals surface area contributed by atoms with Crippen molar-refractivity contribution >= 4 is 27.7 Å². The zero-order valence-electron chi connectivity index (χ0n) is 12.8. The van der Waals surface area contributed by atoms with Crippen LogP contribution in [0.1, 0.15) is 26.5 Å². The molecule has 1 aromatic carbocycles. The molecule has 2 aromatic rings. The maximum absolute atomic E-state index is 12.5. The SMILES string of the molecule is Cc1cc(C(=O)N2CCN(C(=O)c3cccc(Br)c3)CC2)n[nH]1. The summed E-state index contributed by atoms with van der Waals surface area (Å²) < 4.78 is 0.881. The summed E-state index contributed by atoms with van der Waals surface area (Å²) in [5.41, 5.74) is 1.94. The molecule has 0 atom stereocenters. The molecule has 120 valence electrons. The Labute approximate surface area is 142 Å². The van der Waals surface area contributed by atoms with Gasteiger partial charge in [0, 0.05) is 41.9 Å². The first kappa shape index (κ1) is 15.7. The van der Waals surface area contributed by atoms with Gasteiger partial charge in [-0.2, -0.15) is 5.10 Å². The minimum atomic E-state index is -0.0936. The van der Waals surface area contributed by atoms with Crippen LogP contribution < -0.4 is 0 Å². The summed E-state index contributed by atoms with van der Waals surface area (Å²) >= 11 is 3.38. The van der Waals surface area contributed by atoms with Crippen LogP contribution in [0.4, 0.5) is 0 Å². The quantitative estimate of drug-likeness (QED) is 0.871. The molecule has 0 spiro atoms. The first-order valence-corrected chi connectivity index (χ1v) is 8.20. The maximum atomic E-state index is 12.5. The third kappa shape index (κ3) is 3.44. The lowest BCUT2D eigenvalue weighted by Gasteiger charge is -2.34. The number of hydrogen-bond donors (Lipinski definition) is 1. The van der Waals surface area contributed by atoms with Crippen LogP contribution in [-0.2, 0) is 0 Å². The van der Waals surface area contributed by atoms with Gasteiger partial charge in [0.05, 0.1) is 0 Å². The van der Waals surface area contributed by atoms with Crippen LogP contribution in [0, 0.1) is 6.92 Å². The predicted molar refractivity (Wildman–Crippen MR) is 89.3 cm³/mol. The van der Waals surface area contributed by atoms with Crippen LogP contribution in [-0.4, -0.2) is 58.0 Å². The molecule has 6 nitrogen and oxygen atoms in total. The number of hydrogen-bond acceptors (Lipinski definition) is 3. The minimum absolute atomic E-state index is 0.00554. The van der Waals surface area contributed by atoms with E-state index in [1.807, 2.05) is 25.1 Å². The highest BCUT2D eigenvalue weighted by molar-refractivity contribution is 9.10. The van der Waals surface area contributed by atoms with E-state index in [4.69, 9.17) is 0 Å². The fourth-order valence-electron chi connectivity index (χ4n) is 2.61. The molecule has 7 heteroatoms. The number of carbonyl (C=O) groups excluding carboxylic acids is 2. The molecule has 0 aliphatic carbocycles. The molecule has 1 aliphatic heterocycles. The van der Waals surface area contributed by atoms with Crippen LogP contribution in [0.25, 0.3) is 0 Å². The number of piperazine rings is 1. The Hall–Kier alpha value is -2.15. The summed E-state index contributed by atoms with van der Waals surface area (Å²) in [4.78, 5) is 28.3. The largest absolute Gasteiger partial charge is 0.335 e. The number of amides is 2. The van der Waals surface area contributed by atoms with E-state index in [2.05, 4.69) is 26.1 Å². The normalized spacial score (nSPS) is 14.9. The van der Waals surface area contributed by atoms with Gasteiger partial charge in [0.25, 0.3) is 11.8 Å². The Morgan fingerprint density at radius 1 is 1.09 bits per heavy atom. The Morgan fingerprint density at radius 3 is 2.30 bits per heavy atom. The summed E-state index contributed by atoms with van der Waals surface area (Å²) in [6, 6.07) is 9.08. The van der Waals surface area contributed by atoms with Crippen molar-refractivity contribution in [3.63, 3.8) is 0 Å². The van der Waals surface area contributed by atoms with E-state index >= 15 is 0 Å². The standard InChI is InChI=1S/C16H17BrN4O2/c1-11-9-14(19-18-11)16(23)21-7-5-20(6-8-21)15(22)12-3-2-4-13(17)10-12/h2-4,9-10H,5-8H2,1H3,(H,18,19). The number of carbonyl (C=O) groups is 2. The van der Waals surface area contributed by atoms with Crippen molar-refractivity contribution in [2.75, 3.05) is 26.2 Å². The number of benzene rings is 1. The van der Waals surface area contributed by atoms with Crippen LogP contribution in [0.5, 0.6) is 0 Å². The van der Waals surface area contributed by atoms with Gasteiger partial charge in [0.1, 0.15) is 5.69 Å². The number of nitrogens with one attached hydrogen (secondary N) is 1. The number of rotatable bonds is 2. The van der Waals surface area contributed by atoms with E-state index < -0.39 is 0 Å². The summed E-state index contributed by atoms with van der Waals surface area (Å²) in [5, 5.41) is 6.78. The molecule has 23 heavy (non-hydrogen) atoms. The van der Waals surface area contributed by atoms with Gasteiger partial charge in [-0.25, -0.2) is 0 Å². The number of H-pyrrole nitrogens is 1. The predicted octanol–water partition coefficient (Wildman–Crippen LogP) is 2.08. The van der Waals surface area contributed by atoms with Gasteiger partial charge < -0.3 is 9.80 Å². The van der Waals surface area contributed by atoms with E-state index in [9.17, 15) is 9.59 Å². The van der Waals surface area contributed by atoms with Crippen molar-refractivity contribution < 1.29 is 9.59 Å². The van der Waals surface area contributed by atoms with Gasteiger partial charge in [0.15, 0.2) is 0 Å². The molecule has 0 saturated carbocycles. The Morgan fingerprint density at radius 2 is 1.74 bits per heavy atom. The molecular weight excluding hydrogens is 360 g/mol. The second kappa shape index (κ2) is 6.54. The summed E-state index contributed by atoms with van der Waals surface area (Å²) in [7, 11) is 0. The molecular formula is C16H17BrN4O2. The van der Waals surface area contributed by atoms with Gasteiger partial charge in [-0.05, 0) is 31.2 Å². The Bertz CT molecular complexity index is 735. The fourth-order valence-corrected chi connectivity index (χ4v) is 3.01. The van der Waals surface area contributed by atoms with E-state index in [0.717, 1.165) is 10.2 Å². The highest BCUT2D eigenvalue weighted by atomic mass is 79.9. The van der Waals surface area contributed by atoms with Gasteiger partial charge >= 0.3 is 0 Å². The van der Waals surface area contributed by atoms with Gasteiger partial charge in [0.2, 0.25) is 0 Å². The van der Waals surface area contributed by atoms with Crippen molar-refractivity contribution in [3.05, 3.63) is 51.8 Å². The Kier molecular flexibility index (Phi) is 4.47. The molecule has 0 unspecified atom stereocenters. The molecule has 1 fully saturated rings. The van der Waals surface area contributed by atoms with Crippen LogP contribution >= 0.6 is 15.9 Å². The number of aromatic nitrogens is 2. The molecule has 1 N–H and O–H groups in total. The van der Waals surface area contributed by atoms with Crippen molar-refractivity contribution in [2.24, 2.45) is 0 Å². The molecule has 1 aliphatic rings. The lowest BCUT2D eigenvalue weighted by atomic mass is 10.2. The van der Waals surface area contributed by atoms with Crippen LogP contribution in [0.2, 0.25) is 0 Å². The van der Waals surface area contributed by atoms with Gasteiger partial charge in [-0.15, -0.1) is 0 Å². The lowest BCUT2D eigenvalue weighted by molar-refractivity contribution is 0.0532. The fraction of sp³-hybridized carbons (Fsp3) is 0.312. The molecule has 3 rings (SSSR count). The number of aromatic amines is 1. The summed E-state index contributed by atoms with van der Waals surface area (Å²) in [6.07, 6.45) is 0.